The van der Waals surface area contributed by atoms with Crippen molar-refractivity contribution in [3.05, 3.63) is 56.0 Å². The second kappa shape index (κ2) is 7.48. The molecule has 30 heavy (non-hydrogen) atoms. The molecular weight excluding hydrogens is 414 g/mol. The van der Waals surface area contributed by atoms with Crippen LogP contribution < -0.4 is 15.2 Å². The smallest absolute Gasteiger partial charge is 0.264 e. The van der Waals surface area contributed by atoms with E-state index in [4.69, 9.17) is 4.74 Å². The Morgan fingerprint density at radius 1 is 1.27 bits per heavy atom. The van der Waals surface area contributed by atoms with E-state index < -0.39 is 17.2 Å². The minimum Gasteiger partial charge on any atom is -0.494 e. The Morgan fingerprint density at radius 3 is 2.67 bits per heavy atom. The number of thiazole rings is 1. The van der Waals surface area contributed by atoms with Crippen LogP contribution in [0.2, 0.25) is 0 Å². The van der Waals surface area contributed by atoms with Crippen molar-refractivity contribution in [1.29, 1.82) is 0 Å². The largest absolute Gasteiger partial charge is 0.494 e. The van der Waals surface area contributed by atoms with Gasteiger partial charge in [-0.15, -0.1) is 16.4 Å². The van der Waals surface area contributed by atoms with Crippen LogP contribution >= 0.6 is 11.3 Å². The molecule has 156 valence electrons. The summed E-state index contributed by atoms with van der Waals surface area (Å²) in [6.45, 7) is 1.87. The van der Waals surface area contributed by atoms with Gasteiger partial charge >= 0.3 is 0 Å². The highest BCUT2D eigenvalue weighted by atomic mass is 32.1. The van der Waals surface area contributed by atoms with Crippen molar-refractivity contribution >= 4 is 28.2 Å². The Labute approximate surface area is 173 Å². The van der Waals surface area contributed by atoms with Gasteiger partial charge in [0.2, 0.25) is 0 Å². The van der Waals surface area contributed by atoms with Gasteiger partial charge in [0.15, 0.2) is 23.1 Å². The molecule has 0 spiro atoms. The first-order valence-corrected chi connectivity index (χ1v) is 9.80. The number of hydrogen-bond donors (Lipinski definition) is 1. The summed E-state index contributed by atoms with van der Waals surface area (Å²) >= 11 is 1.44. The molecule has 0 aliphatic rings. The predicted octanol–water partition coefficient (Wildman–Crippen LogP) is 2.82. The Kier molecular flexibility index (Phi) is 4.98. The number of anilines is 1. The van der Waals surface area contributed by atoms with Gasteiger partial charge in [0.1, 0.15) is 27.7 Å². The van der Waals surface area contributed by atoms with E-state index >= 15 is 0 Å². The number of aromatic amines is 1. The number of rotatable bonds is 5. The van der Waals surface area contributed by atoms with Crippen LogP contribution in [0.5, 0.6) is 5.75 Å². The van der Waals surface area contributed by atoms with E-state index in [-0.39, 0.29) is 34.7 Å². The molecular formula is C19H18F2N6O2S. The third-order valence-corrected chi connectivity index (χ3v) is 5.41. The lowest BCUT2D eigenvalue weighted by Crippen LogP contribution is -2.16. The van der Waals surface area contributed by atoms with Crippen molar-refractivity contribution in [3.8, 4) is 11.4 Å². The van der Waals surface area contributed by atoms with Gasteiger partial charge in [0.05, 0.1) is 13.5 Å². The first-order valence-electron chi connectivity index (χ1n) is 8.92. The van der Waals surface area contributed by atoms with Crippen molar-refractivity contribution in [2.45, 2.75) is 13.3 Å². The van der Waals surface area contributed by atoms with E-state index in [1.807, 2.05) is 12.3 Å². The predicted molar refractivity (Wildman–Crippen MR) is 110 cm³/mol. The lowest BCUT2D eigenvalue weighted by molar-refractivity contribution is 0.402. The molecule has 0 unspecified atom stereocenters. The lowest BCUT2D eigenvalue weighted by Gasteiger charge is -2.11. The molecule has 1 aromatic carbocycles. The first-order chi connectivity index (χ1) is 14.3. The van der Waals surface area contributed by atoms with E-state index in [1.165, 1.54) is 24.5 Å². The maximum atomic E-state index is 14.8. The van der Waals surface area contributed by atoms with Crippen LogP contribution in [-0.2, 0) is 6.42 Å². The highest BCUT2D eigenvalue weighted by Gasteiger charge is 2.25. The number of halogens is 2. The van der Waals surface area contributed by atoms with Crippen molar-refractivity contribution in [2.75, 3.05) is 26.1 Å². The first kappa shape index (κ1) is 20.0. The molecule has 0 bridgehead atoms. The van der Waals surface area contributed by atoms with E-state index in [2.05, 4.69) is 20.1 Å². The van der Waals surface area contributed by atoms with E-state index in [1.54, 1.807) is 19.0 Å². The topological polar surface area (TPSA) is 88.9 Å². The van der Waals surface area contributed by atoms with E-state index in [9.17, 15) is 13.6 Å². The zero-order valence-corrected chi connectivity index (χ0v) is 17.5. The maximum Gasteiger partial charge on any atom is 0.264 e. The molecule has 8 nitrogen and oxygen atoms in total. The Morgan fingerprint density at radius 2 is 2.03 bits per heavy atom. The summed E-state index contributed by atoms with van der Waals surface area (Å²) in [5.74, 6) is -1.56. The number of nitrogens with one attached hydrogen (secondary N) is 1. The van der Waals surface area contributed by atoms with Gasteiger partial charge < -0.3 is 14.6 Å². The summed E-state index contributed by atoms with van der Waals surface area (Å²) in [4.78, 5) is 26.1. The van der Waals surface area contributed by atoms with Crippen molar-refractivity contribution in [3.63, 3.8) is 0 Å². The van der Waals surface area contributed by atoms with Crippen LogP contribution in [0.3, 0.4) is 0 Å². The van der Waals surface area contributed by atoms with Gasteiger partial charge in [0, 0.05) is 25.2 Å². The number of fused-ring (bicyclic) bond motifs is 1. The molecule has 0 radical (unpaired) electrons. The highest BCUT2D eigenvalue weighted by molar-refractivity contribution is 7.09. The van der Waals surface area contributed by atoms with Crippen molar-refractivity contribution < 1.29 is 13.5 Å². The van der Waals surface area contributed by atoms with Crippen LogP contribution in [0.4, 0.5) is 14.6 Å². The number of aromatic nitrogens is 5. The zero-order chi connectivity index (χ0) is 21.6. The molecule has 0 atom stereocenters. The number of benzene rings is 1. The van der Waals surface area contributed by atoms with Crippen LogP contribution in [0, 0.1) is 18.6 Å². The summed E-state index contributed by atoms with van der Waals surface area (Å²) in [6, 6.07) is 2.26. The second-order valence-corrected chi connectivity index (χ2v) is 7.76. The van der Waals surface area contributed by atoms with Crippen LogP contribution in [-0.4, -0.2) is 45.9 Å². The Bertz CT molecular complexity index is 1310. The number of aryl methyl sites for hydroxylation is 1. The summed E-state index contributed by atoms with van der Waals surface area (Å²) in [5.41, 5.74) is 0.261. The average Bonchev–Trinajstić information content (AvgIpc) is 3.27. The molecule has 0 fully saturated rings. The molecule has 0 saturated carbocycles. The molecule has 0 aliphatic carbocycles. The second-order valence-electron chi connectivity index (χ2n) is 6.81. The minimum absolute atomic E-state index is 0.0581. The molecule has 1 N–H and O–H groups in total. The molecule has 0 aliphatic heterocycles. The standard InChI is InChI=1S/C19H18F2N6O2S/c1-9-8-30-13(22-9)7-12-23-17-14(19(28)24-12)18(26(2)3)25-27(17)16-11(29-4)6-5-10(20)15(16)21/h5-6,8H,7H2,1-4H3,(H,23,24,28). The fourth-order valence-corrected chi connectivity index (χ4v) is 3.89. The third kappa shape index (κ3) is 3.30. The zero-order valence-electron chi connectivity index (χ0n) is 16.7. The monoisotopic (exact) mass is 432 g/mol. The van der Waals surface area contributed by atoms with Crippen LogP contribution in [0.1, 0.15) is 16.5 Å². The number of methoxy groups -OCH3 is 1. The fourth-order valence-electron chi connectivity index (χ4n) is 3.12. The normalized spacial score (nSPS) is 11.3. The quantitative estimate of drug-likeness (QED) is 0.522. The van der Waals surface area contributed by atoms with Gasteiger partial charge in [-0.2, -0.15) is 0 Å². The summed E-state index contributed by atoms with van der Waals surface area (Å²) in [6.07, 6.45) is 0.287. The van der Waals surface area contributed by atoms with Gasteiger partial charge in [-0.25, -0.2) is 23.4 Å². The lowest BCUT2D eigenvalue weighted by atomic mass is 10.2. The Hall–Kier alpha value is -3.34. The third-order valence-electron chi connectivity index (χ3n) is 4.44. The molecule has 4 aromatic rings. The van der Waals surface area contributed by atoms with Crippen LogP contribution in [0.25, 0.3) is 16.7 Å². The summed E-state index contributed by atoms with van der Waals surface area (Å²) < 4.78 is 35.1. The van der Waals surface area contributed by atoms with Gasteiger partial charge in [0.25, 0.3) is 5.56 Å². The van der Waals surface area contributed by atoms with Crippen LogP contribution in [0.15, 0.2) is 22.3 Å². The Balaban J connectivity index is 2.01. The molecule has 4 rings (SSSR count). The number of nitrogens with zero attached hydrogens (tertiary/aromatic N) is 5. The van der Waals surface area contributed by atoms with E-state index in [0.717, 1.165) is 21.4 Å². The average molecular weight is 432 g/mol. The van der Waals surface area contributed by atoms with Crippen molar-refractivity contribution in [2.24, 2.45) is 0 Å². The van der Waals surface area contributed by atoms with Gasteiger partial charge in [-0.05, 0) is 19.1 Å². The molecule has 11 heteroatoms. The molecule has 0 saturated heterocycles. The van der Waals surface area contributed by atoms with Gasteiger partial charge in [-0.1, -0.05) is 0 Å². The van der Waals surface area contributed by atoms with Crippen molar-refractivity contribution in [1.82, 2.24) is 24.7 Å². The van der Waals surface area contributed by atoms with E-state index in [0.29, 0.717) is 5.82 Å². The number of H-pyrrole nitrogens is 1. The maximum absolute atomic E-state index is 14.8. The number of hydrogen-bond acceptors (Lipinski definition) is 7. The molecule has 0 amide bonds. The van der Waals surface area contributed by atoms with Gasteiger partial charge in [-0.3, -0.25) is 4.79 Å². The fraction of sp³-hybridized carbons (Fsp3) is 0.263. The summed E-state index contributed by atoms with van der Waals surface area (Å²) in [7, 11) is 4.72. The summed E-state index contributed by atoms with van der Waals surface area (Å²) in [5, 5.41) is 7.16. The molecule has 3 heterocycles. The SMILES string of the molecule is COc1ccc(F)c(F)c1-n1nc(N(C)C)c2c(=O)[nH]c(Cc3nc(C)cs3)nc21. The molecule has 3 aromatic heterocycles. The minimum atomic E-state index is -1.15. The number of ether oxygens (including phenoxy) is 1. The highest BCUT2D eigenvalue weighted by Crippen LogP contribution is 2.32.